The molecule has 0 fully saturated rings. The Hall–Kier alpha value is -1.81. The standard InChI is InChI=1S/C17H18BrNO2/c1-12(15-4-3-5-16(10-15)21-2)19-17(20)14-8-6-13(11-18)7-9-14/h3-10,12H,11H2,1-2H3,(H,19,20)/t12-/m1/s1. The van der Waals surface area contributed by atoms with Crippen LogP contribution in [0.4, 0.5) is 0 Å². The summed E-state index contributed by atoms with van der Waals surface area (Å²) >= 11 is 3.39. The number of methoxy groups -OCH3 is 1. The molecule has 0 aliphatic heterocycles. The summed E-state index contributed by atoms with van der Waals surface area (Å²) in [6.07, 6.45) is 0. The third-order valence-electron chi connectivity index (χ3n) is 3.31. The molecule has 0 heterocycles. The maximum absolute atomic E-state index is 12.2. The first-order valence-corrected chi connectivity index (χ1v) is 7.86. The molecule has 21 heavy (non-hydrogen) atoms. The van der Waals surface area contributed by atoms with Crippen LogP contribution in [0.5, 0.6) is 5.75 Å². The molecule has 1 N–H and O–H groups in total. The fraction of sp³-hybridized carbons (Fsp3) is 0.235. The molecule has 0 unspecified atom stereocenters. The van der Waals surface area contributed by atoms with Crippen LogP contribution in [0, 0.1) is 0 Å². The molecule has 1 atom stereocenters. The van der Waals surface area contributed by atoms with Crippen molar-refractivity contribution in [3.8, 4) is 5.75 Å². The van der Waals surface area contributed by atoms with Crippen molar-refractivity contribution in [1.82, 2.24) is 5.32 Å². The Bertz CT molecular complexity index is 610. The van der Waals surface area contributed by atoms with Gasteiger partial charge in [0, 0.05) is 10.9 Å². The van der Waals surface area contributed by atoms with Crippen molar-refractivity contribution in [3.05, 3.63) is 65.2 Å². The molecule has 0 aliphatic rings. The van der Waals surface area contributed by atoms with Gasteiger partial charge in [0.1, 0.15) is 5.75 Å². The summed E-state index contributed by atoms with van der Waals surface area (Å²) < 4.78 is 5.20. The second-order valence-electron chi connectivity index (χ2n) is 4.80. The van der Waals surface area contributed by atoms with Crippen LogP contribution in [0.25, 0.3) is 0 Å². The van der Waals surface area contributed by atoms with E-state index >= 15 is 0 Å². The summed E-state index contributed by atoms with van der Waals surface area (Å²) in [5, 5.41) is 3.78. The topological polar surface area (TPSA) is 38.3 Å². The quantitative estimate of drug-likeness (QED) is 0.827. The lowest BCUT2D eigenvalue weighted by molar-refractivity contribution is 0.0940. The molecule has 1 amide bonds. The van der Waals surface area contributed by atoms with Gasteiger partial charge in [-0.3, -0.25) is 4.79 Å². The first-order chi connectivity index (χ1) is 10.1. The minimum absolute atomic E-state index is 0.0774. The summed E-state index contributed by atoms with van der Waals surface area (Å²) in [6, 6.07) is 15.2. The number of rotatable bonds is 5. The zero-order valence-electron chi connectivity index (χ0n) is 12.1. The number of amides is 1. The predicted octanol–water partition coefficient (Wildman–Crippen LogP) is 4.08. The lowest BCUT2D eigenvalue weighted by Gasteiger charge is -2.15. The van der Waals surface area contributed by atoms with Crippen molar-refractivity contribution in [3.63, 3.8) is 0 Å². The van der Waals surface area contributed by atoms with Gasteiger partial charge in [-0.2, -0.15) is 0 Å². The lowest BCUT2D eigenvalue weighted by atomic mass is 10.1. The molecule has 2 aromatic rings. The fourth-order valence-electron chi connectivity index (χ4n) is 2.02. The Kier molecular flexibility index (Phi) is 5.39. The van der Waals surface area contributed by atoms with E-state index in [-0.39, 0.29) is 11.9 Å². The lowest BCUT2D eigenvalue weighted by Crippen LogP contribution is -2.26. The molecule has 0 bridgehead atoms. The minimum atomic E-state index is -0.0801. The number of hydrogen-bond donors (Lipinski definition) is 1. The molecular weight excluding hydrogens is 330 g/mol. The Balaban J connectivity index is 2.06. The van der Waals surface area contributed by atoms with E-state index in [0.717, 1.165) is 22.2 Å². The van der Waals surface area contributed by atoms with E-state index in [1.807, 2.05) is 55.5 Å². The molecule has 0 aliphatic carbocycles. The molecule has 0 spiro atoms. The van der Waals surface area contributed by atoms with Crippen LogP contribution >= 0.6 is 15.9 Å². The van der Waals surface area contributed by atoms with Gasteiger partial charge in [-0.05, 0) is 42.3 Å². The first kappa shape index (κ1) is 15.6. The maximum atomic E-state index is 12.2. The summed E-state index contributed by atoms with van der Waals surface area (Å²) in [5.41, 5.74) is 2.82. The average Bonchev–Trinajstić information content (AvgIpc) is 2.54. The van der Waals surface area contributed by atoms with Crippen molar-refractivity contribution >= 4 is 21.8 Å². The number of nitrogens with one attached hydrogen (secondary N) is 1. The highest BCUT2D eigenvalue weighted by Crippen LogP contribution is 2.19. The van der Waals surface area contributed by atoms with Gasteiger partial charge in [0.25, 0.3) is 5.91 Å². The highest BCUT2D eigenvalue weighted by molar-refractivity contribution is 9.08. The van der Waals surface area contributed by atoms with E-state index in [4.69, 9.17) is 4.74 Å². The molecule has 0 saturated carbocycles. The molecule has 110 valence electrons. The summed E-state index contributed by atoms with van der Waals surface area (Å²) in [7, 11) is 1.63. The van der Waals surface area contributed by atoms with Crippen LogP contribution in [-0.2, 0) is 5.33 Å². The number of benzene rings is 2. The smallest absolute Gasteiger partial charge is 0.251 e. The molecule has 0 saturated heterocycles. The van der Waals surface area contributed by atoms with E-state index in [1.165, 1.54) is 0 Å². The van der Waals surface area contributed by atoms with Crippen LogP contribution < -0.4 is 10.1 Å². The maximum Gasteiger partial charge on any atom is 0.251 e. The highest BCUT2D eigenvalue weighted by atomic mass is 79.9. The Morgan fingerprint density at radius 3 is 2.57 bits per heavy atom. The number of alkyl halides is 1. The monoisotopic (exact) mass is 347 g/mol. The Morgan fingerprint density at radius 2 is 1.95 bits per heavy atom. The van der Waals surface area contributed by atoms with E-state index in [1.54, 1.807) is 7.11 Å². The second kappa shape index (κ2) is 7.27. The second-order valence-corrected chi connectivity index (χ2v) is 5.36. The van der Waals surface area contributed by atoms with Crippen LogP contribution in [-0.4, -0.2) is 13.0 Å². The summed E-state index contributed by atoms with van der Waals surface area (Å²) in [4.78, 5) is 12.2. The molecule has 4 heteroatoms. The van der Waals surface area contributed by atoms with Gasteiger partial charge in [-0.15, -0.1) is 0 Å². The fourth-order valence-corrected chi connectivity index (χ4v) is 2.39. The van der Waals surface area contributed by atoms with E-state index in [0.29, 0.717) is 5.56 Å². The van der Waals surface area contributed by atoms with E-state index < -0.39 is 0 Å². The van der Waals surface area contributed by atoms with Gasteiger partial charge in [0.15, 0.2) is 0 Å². The van der Waals surface area contributed by atoms with Crippen molar-refractivity contribution < 1.29 is 9.53 Å². The summed E-state index contributed by atoms with van der Waals surface area (Å²) in [6.45, 7) is 1.96. The third kappa shape index (κ3) is 4.08. The number of carbonyl (C=O) groups is 1. The Labute approximate surface area is 133 Å². The van der Waals surface area contributed by atoms with Crippen LogP contribution in [0.3, 0.4) is 0 Å². The van der Waals surface area contributed by atoms with Crippen LogP contribution in [0.2, 0.25) is 0 Å². The third-order valence-corrected chi connectivity index (χ3v) is 3.96. The van der Waals surface area contributed by atoms with Gasteiger partial charge in [0.2, 0.25) is 0 Å². The van der Waals surface area contributed by atoms with Gasteiger partial charge in [-0.1, -0.05) is 40.2 Å². The van der Waals surface area contributed by atoms with Gasteiger partial charge < -0.3 is 10.1 Å². The van der Waals surface area contributed by atoms with Crippen molar-refractivity contribution in [1.29, 1.82) is 0 Å². The molecule has 0 radical (unpaired) electrons. The highest BCUT2D eigenvalue weighted by Gasteiger charge is 2.11. The van der Waals surface area contributed by atoms with Crippen LogP contribution in [0.15, 0.2) is 48.5 Å². The predicted molar refractivity (Wildman–Crippen MR) is 87.9 cm³/mol. The van der Waals surface area contributed by atoms with Crippen LogP contribution in [0.1, 0.15) is 34.5 Å². The SMILES string of the molecule is COc1cccc([C@@H](C)NC(=O)c2ccc(CBr)cc2)c1. The van der Waals surface area contributed by atoms with Gasteiger partial charge >= 0.3 is 0 Å². The molecule has 3 nitrogen and oxygen atoms in total. The van der Waals surface area contributed by atoms with Crippen molar-refractivity contribution in [2.45, 2.75) is 18.3 Å². The first-order valence-electron chi connectivity index (χ1n) is 6.73. The molecular formula is C17H18BrNO2. The number of halogens is 1. The van der Waals surface area contributed by atoms with Gasteiger partial charge in [0.05, 0.1) is 13.2 Å². The van der Waals surface area contributed by atoms with E-state index in [9.17, 15) is 4.79 Å². The zero-order chi connectivity index (χ0) is 15.2. The number of ether oxygens (including phenoxy) is 1. The van der Waals surface area contributed by atoms with E-state index in [2.05, 4.69) is 21.2 Å². The molecule has 2 rings (SSSR count). The molecule has 2 aromatic carbocycles. The zero-order valence-corrected chi connectivity index (χ0v) is 13.7. The normalized spacial score (nSPS) is 11.8. The van der Waals surface area contributed by atoms with Gasteiger partial charge in [-0.25, -0.2) is 0 Å². The number of hydrogen-bond acceptors (Lipinski definition) is 2. The largest absolute Gasteiger partial charge is 0.497 e. The van der Waals surface area contributed by atoms with Crippen molar-refractivity contribution in [2.75, 3.05) is 7.11 Å². The number of carbonyl (C=O) groups excluding carboxylic acids is 1. The summed E-state index contributed by atoms with van der Waals surface area (Å²) in [5.74, 6) is 0.710. The molecule has 0 aromatic heterocycles. The Morgan fingerprint density at radius 1 is 1.24 bits per heavy atom. The average molecular weight is 348 g/mol. The minimum Gasteiger partial charge on any atom is -0.497 e. The van der Waals surface area contributed by atoms with Crippen molar-refractivity contribution in [2.24, 2.45) is 0 Å².